The Kier molecular flexibility index (Phi) is 4.96. The van der Waals surface area contributed by atoms with Crippen LogP contribution >= 0.6 is 24.3 Å². The van der Waals surface area contributed by atoms with E-state index in [9.17, 15) is 0 Å². The highest BCUT2D eigenvalue weighted by atomic mass is 79.9. The topological polar surface area (TPSA) is 31.4 Å². The van der Waals surface area contributed by atoms with E-state index in [1.807, 2.05) is 18.3 Å². The summed E-state index contributed by atoms with van der Waals surface area (Å²) in [7, 11) is 2.47. The Hall–Kier alpha value is -0.0200. The summed E-state index contributed by atoms with van der Waals surface area (Å²) in [4.78, 5) is 4.17. The first kappa shape index (κ1) is 12.1. The van der Waals surface area contributed by atoms with E-state index in [2.05, 4.69) is 27.8 Å². The molecule has 78 valence electrons. The molecule has 0 spiro atoms. The van der Waals surface area contributed by atoms with Gasteiger partial charge in [-0.15, -0.1) is 0 Å². The highest BCUT2D eigenvalue weighted by molar-refractivity contribution is 9.10. The van der Waals surface area contributed by atoms with Crippen LogP contribution in [0.1, 0.15) is 18.1 Å². The van der Waals surface area contributed by atoms with Crippen molar-refractivity contribution in [2.45, 2.75) is 12.6 Å². The maximum absolute atomic E-state index is 5.25. The lowest BCUT2D eigenvalue weighted by Crippen LogP contribution is -1.95. The maximum atomic E-state index is 5.25. The molecular formula is C9H13BrNO2P. The zero-order chi connectivity index (χ0) is 10.6. The van der Waals surface area contributed by atoms with Gasteiger partial charge < -0.3 is 9.05 Å². The van der Waals surface area contributed by atoms with Crippen LogP contribution in [0.2, 0.25) is 0 Å². The number of hydrogen-bond donors (Lipinski definition) is 0. The summed E-state index contributed by atoms with van der Waals surface area (Å²) in [6.07, 6.45) is 1.84. The molecule has 1 unspecified atom stereocenters. The van der Waals surface area contributed by atoms with Gasteiger partial charge in [-0.25, -0.2) is 4.98 Å². The molecule has 0 saturated carbocycles. The second kappa shape index (κ2) is 5.76. The predicted molar refractivity (Wildman–Crippen MR) is 61.3 cm³/mol. The average molecular weight is 278 g/mol. The van der Waals surface area contributed by atoms with Crippen molar-refractivity contribution in [3.05, 3.63) is 28.5 Å². The zero-order valence-electron chi connectivity index (χ0n) is 8.40. The van der Waals surface area contributed by atoms with Crippen molar-refractivity contribution in [3.8, 4) is 0 Å². The van der Waals surface area contributed by atoms with Crippen LogP contribution in [0.4, 0.5) is 0 Å². The van der Waals surface area contributed by atoms with E-state index < -0.39 is 8.38 Å². The molecule has 0 aliphatic carbocycles. The van der Waals surface area contributed by atoms with E-state index in [-0.39, 0.29) is 5.66 Å². The minimum Gasteiger partial charge on any atom is -0.337 e. The Balaban J connectivity index is 2.77. The molecule has 0 radical (unpaired) electrons. The summed E-state index contributed by atoms with van der Waals surface area (Å²) in [6.45, 7) is 2.07. The summed E-state index contributed by atoms with van der Waals surface area (Å²) in [5.41, 5.74) is 1.36. The quantitative estimate of drug-likeness (QED) is 0.624. The number of halogens is 1. The van der Waals surface area contributed by atoms with Crippen molar-refractivity contribution in [2.24, 2.45) is 0 Å². The minimum absolute atomic E-state index is 0.237. The molecule has 0 bridgehead atoms. The number of aromatic nitrogens is 1. The maximum Gasteiger partial charge on any atom is 0.177 e. The fourth-order valence-electron chi connectivity index (χ4n) is 1.15. The first-order valence-corrected chi connectivity index (χ1v) is 6.22. The Morgan fingerprint density at radius 3 is 2.43 bits per heavy atom. The van der Waals surface area contributed by atoms with Gasteiger partial charge in [-0.1, -0.05) is 6.07 Å². The van der Waals surface area contributed by atoms with Gasteiger partial charge in [-0.2, -0.15) is 0 Å². The summed E-state index contributed by atoms with van der Waals surface area (Å²) in [5.74, 6) is 0. The molecule has 14 heavy (non-hydrogen) atoms. The van der Waals surface area contributed by atoms with Crippen LogP contribution in [-0.4, -0.2) is 19.2 Å². The molecule has 5 heteroatoms. The summed E-state index contributed by atoms with van der Waals surface area (Å²) >= 11 is 3.30. The normalized spacial score (nSPS) is 13.2. The SMILES string of the molecule is COP(OC)C(C)c1ccc(Br)nc1. The van der Waals surface area contributed by atoms with E-state index in [1.165, 1.54) is 0 Å². The lowest BCUT2D eigenvalue weighted by Gasteiger charge is -2.19. The third-order valence-electron chi connectivity index (χ3n) is 1.91. The molecule has 0 aliphatic heterocycles. The van der Waals surface area contributed by atoms with Gasteiger partial charge in [0.05, 0.1) is 5.66 Å². The fourth-order valence-corrected chi connectivity index (χ4v) is 2.56. The lowest BCUT2D eigenvalue weighted by atomic mass is 10.2. The molecule has 0 N–H and O–H groups in total. The molecule has 1 aromatic rings. The Morgan fingerprint density at radius 2 is 2.00 bits per heavy atom. The Morgan fingerprint density at radius 1 is 1.36 bits per heavy atom. The van der Waals surface area contributed by atoms with Crippen LogP contribution in [0.15, 0.2) is 22.9 Å². The monoisotopic (exact) mass is 277 g/mol. The molecule has 0 aliphatic rings. The van der Waals surface area contributed by atoms with E-state index in [0.717, 1.165) is 10.2 Å². The highest BCUT2D eigenvalue weighted by Gasteiger charge is 2.18. The van der Waals surface area contributed by atoms with Crippen molar-refractivity contribution >= 4 is 24.3 Å². The van der Waals surface area contributed by atoms with Gasteiger partial charge in [0.2, 0.25) is 0 Å². The first-order chi connectivity index (χ1) is 6.69. The predicted octanol–water partition coefficient (Wildman–Crippen LogP) is 3.51. The molecule has 3 nitrogen and oxygen atoms in total. The van der Waals surface area contributed by atoms with Crippen molar-refractivity contribution in [1.29, 1.82) is 0 Å². The van der Waals surface area contributed by atoms with Gasteiger partial charge in [0.25, 0.3) is 0 Å². The molecule has 1 heterocycles. The molecule has 1 atom stereocenters. The fraction of sp³-hybridized carbons (Fsp3) is 0.444. The van der Waals surface area contributed by atoms with Crippen LogP contribution in [0.25, 0.3) is 0 Å². The van der Waals surface area contributed by atoms with E-state index in [1.54, 1.807) is 14.2 Å². The largest absolute Gasteiger partial charge is 0.337 e. The van der Waals surface area contributed by atoms with E-state index in [4.69, 9.17) is 9.05 Å². The van der Waals surface area contributed by atoms with Gasteiger partial charge in [0.1, 0.15) is 4.60 Å². The van der Waals surface area contributed by atoms with Gasteiger partial charge in [-0.05, 0) is 34.5 Å². The van der Waals surface area contributed by atoms with Crippen LogP contribution in [0.5, 0.6) is 0 Å². The zero-order valence-corrected chi connectivity index (χ0v) is 10.9. The lowest BCUT2D eigenvalue weighted by molar-refractivity contribution is 0.333. The Labute approximate surface area is 93.9 Å². The molecule has 0 amide bonds. The van der Waals surface area contributed by atoms with Gasteiger partial charge in [0.15, 0.2) is 8.38 Å². The third-order valence-corrected chi connectivity index (χ3v) is 4.03. The van der Waals surface area contributed by atoms with Crippen molar-refractivity contribution in [3.63, 3.8) is 0 Å². The van der Waals surface area contributed by atoms with Crippen LogP contribution in [-0.2, 0) is 9.05 Å². The number of pyridine rings is 1. The summed E-state index contributed by atoms with van der Waals surface area (Å²) in [5, 5.41) is 0. The molecular weight excluding hydrogens is 265 g/mol. The van der Waals surface area contributed by atoms with E-state index in [0.29, 0.717) is 0 Å². The van der Waals surface area contributed by atoms with Crippen molar-refractivity contribution in [2.75, 3.05) is 14.2 Å². The molecule has 0 fully saturated rings. The van der Waals surface area contributed by atoms with Crippen molar-refractivity contribution in [1.82, 2.24) is 4.98 Å². The van der Waals surface area contributed by atoms with Gasteiger partial charge >= 0.3 is 0 Å². The summed E-state index contributed by atoms with van der Waals surface area (Å²) in [6, 6.07) is 3.94. The number of rotatable bonds is 4. The molecule has 1 rings (SSSR count). The first-order valence-electron chi connectivity index (χ1n) is 4.18. The van der Waals surface area contributed by atoms with Crippen molar-refractivity contribution < 1.29 is 9.05 Å². The Bertz CT molecular complexity index is 277. The second-order valence-corrected chi connectivity index (χ2v) is 5.63. The minimum atomic E-state index is -0.859. The highest BCUT2D eigenvalue weighted by Crippen LogP contribution is 2.51. The number of hydrogen-bond acceptors (Lipinski definition) is 3. The van der Waals surface area contributed by atoms with Crippen LogP contribution in [0.3, 0.4) is 0 Å². The standard InChI is InChI=1S/C9H13BrNO2P/c1-7(14(12-2)13-3)8-4-5-9(10)11-6-8/h4-7H,1-3H3. The smallest absolute Gasteiger partial charge is 0.177 e. The van der Waals surface area contributed by atoms with Gasteiger partial charge in [0, 0.05) is 20.4 Å². The van der Waals surface area contributed by atoms with Gasteiger partial charge in [-0.3, -0.25) is 0 Å². The third kappa shape index (κ3) is 2.99. The number of nitrogens with zero attached hydrogens (tertiary/aromatic N) is 1. The van der Waals surface area contributed by atoms with Crippen LogP contribution in [0, 0.1) is 0 Å². The molecule has 0 aromatic carbocycles. The molecule has 0 saturated heterocycles. The summed E-state index contributed by atoms with van der Waals surface area (Å²) < 4.78 is 11.3. The second-order valence-electron chi connectivity index (χ2n) is 2.74. The average Bonchev–Trinajstić information content (AvgIpc) is 2.20. The molecule has 1 aromatic heterocycles. The van der Waals surface area contributed by atoms with E-state index >= 15 is 0 Å². The van der Waals surface area contributed by atoms with Crippen LogP contribution < -0.4 is 0 Å².